The Balaban J connectivity index is 2.74. The van der Waals surface area contributed by atoms with Crippen molar-refractivity contribution in [2.45, 2.75) is 45.7 Å². The molecule has 0 saturated carbocycles. The number of nitrogens with two attached hydrogens (primary N) is 1. The second-order valence-electron chi connectivity index (χ2n) is 4.99. The minimum absolute atomic E-state index is 0.00616. The molecule has 0 aromatic heterocycles. The summed E-state index contributed by atoms with van der Waals surface area (Å²) in [7, 11) is 2.15. The van der Waals surface area contributed by atoms with Gasteiger partial charge in [-0.15, -0.1) is 0 Å². The van der Waals surface area contributed by atoms with E-state index < -0.39 is 0 Å². The standard InChI is InChI=1S/C16H28N2O/c1-5-13(6-2)18(4)12-15(17)14-10-8-9-11-16(14)19-7-3/h8-11,13,15H,5-7,12,17H2,1-4H3. The Labute approximate surface area is 117 Å². The molecule has 0 aliphatic carbocycles. The van der Waals surface area contributed by atoms with Crippen molar-refractivity contribution in [2.75, 3.05) is 20.2 Å². The Hall–Kier alpha value is -1.06. The molecule has 0 bridgehead atoms. The van der Waals surface area contributed by atoms with Crippen molar-refractivity contribution in [3.05, 3.63) is 29.8 Å². The zero-order valence-electron chi connectivity index (χ0n) is 12.7. The molecule has 0 aliphatic rings. The highest BCUT2D eigenvalue weighted by atomic mass is 16.5. The van der Waals surface area contributed by atoms with E-state index in [1.54, 1.807) is 0 Å². The molecule has 0 saturated heterocycles. The van der Waals surface area contributed by atoms with Gasteiger partial charge in [-0.1, -0.05) is 32.0 Å². The van der Waals surface area contributed by atoms with Crippen LogP contribution in [-0.2, 0) is 0 Å². The number of benzene rings is 1. The molecular weight excluding hydrogens is 236 g/mol. The Morgan fingerprint density at radius 1 is 1.16 bits per heavy atom. The largest absolute Gasteiger partial charge is 0.494 e. The molecule has 2 N–H and O–H groups in total. The van der Waals surface area contributed by atoms with Gasteiger partial charge in [0, 0.05) is 24.2 Å². The van der Waals surface area contributed by atoms with Crippen molar-refractivity contribution in [3.8, 4) is 5.75 Å². The summed E-state index contributed by atoms with van der Waals surface area (Å²) < 4.78 is 5.65. The Bertz CT molecular complexity index is 364. The maximum absolute atomic E-state index is 6.35. The average Bonchev–Trinajstić information content (AvgIpc) is 2.41. The van der Waals surface area contributed by atoms with E-state index in [4.69, 9.17) is 10.5 Å². The predicted octanol–water partition coefficient (Wildman–Crippen LogP) is 3.21. The zero-order chi connectivity index (χ0) is 14.3. The second-order valence-corrected chi connectivity index (χ2v) is 4.99. The molecule has 3 heteroatoms. The van der Waals surface area contributed by atoms with Gasteiger partial charge in [0.2, 0.25) is 0 Å². The summed E-state index contributed by atoms with van der Waals surface area (Å²) in [5.74, 6) is 0.912. The summed E-state index contributed by atoms with van der Waals surface area (Å²) in [5.41, 5.74) is 7.45. The molecule has 1 aromatic carbocycles. The van der Waals surface area contributed by atoms with Crippen LogP contribution in [0.5, 0.6) is 5.75 Å². The molecule has 0 fully saturated rings. The molecule has 3 nitrogen and oxygen atoms in total. The highest BCUT2D eigenvalue weighted by Crippen LogP contribution is 2.24. The monoisotopic (exact) mass is 264 g/mol. The van der Waals surface area contributed by atoms with Crippen molar-refractivity contribution < 1.29 is 4.74 Å². The van der Waals surface area contributed by atoms with Gasteiger partial charge in [-0.25, -0.2) is 0 Å². The topological polar surface area (TPSA) is 38.5 Å². The Morgan fingerprint density at radius 2 is 1.79 bits per heavy atom. The summed E-state index contributed by atoms with van der Waals surface area (Å²) in [6.45, 7) is 7.98. The lowest BCUT2D eigenvalue weighted by Crippen LogP contribution is -2.36. The first kappa shape index (κ1) is 16.0. The maximum Gasteiger partial charge on any atom is 0.124 e. The smallest absolute Gasteiger partial charge is 0.124 e. The van der Waals surface area contributed by atoms with Crippen LogP contribution >= 0.6 is 0 Å². The summed E-state index contributed by atoms with van der Waals surface area (Å²) in [6, 6.07) is 8.67. The van der Waals surface area contributed by atoms with Crippen molar-refractivity contribution in [1.29, 1.82) is 0 Å². The fraction of sp³-hybridized carbons (Fsp3) is 0.625. The molecule has 1 atom stereocenters. The molecule has 0 spiro atoms. The second kappa shape index (κ2) is 8.18. The van der Waals surface area contributed by atoms with Gasteiger partial charge < -0.3 is 15.4 Å². The summed E-state index contributed by atoms with van der Waals surface area (Å²) in [5, 5.41) is 0. The fourth-order valence-corrected chi connectivity index (χ4v) is 2.54. The van der Waals surface area contributed by atoms with Crippen LogP contribution in [0.15, 0.2) is 24.3 Å². The third-order valence-electron chi connectivity index (χ3n) is 3.67. The summed E-state index contributed by atoms with van der Waals surface area (Å²) >= 11 is 0. The normalized spacial score (nSPS) is 13.0. The molecule has 1 unspecified atom stereocenters. The predicted molar refractivity (Wildman–Crippen MR) is 81.5 cm³/mol. The number of rotatable bonds is 8. The first-order valence-electron chi connectivity index (χ1n) is 7.31. The van der Waals surface area contributed by atoms with E-state index in [0.717, 1.165) is 30.7 Å². The number of ether oxygens (including phenoxy) is 1. The molecule has 1 rings (SSSR count). The lowest BCUT2D eigenvalue weighted by atomic mass is 10.0. The molecular formula is C16H28N2O. The first-order chi connectivity index (χ1) is 9.13. The van der Waals surface area contributed by atoms with Crippen LogP contribution in [-0.4, -0.2) is 31.1 Å². The molecule has 108 valence electrons. The van der Waals surface area contributed by atoms with E-state index in [1.807, 2.05) is 25.1 Å². The summed E-state index contributed by atoms with van der Waals surface area (Å²) in [6.07, 6.45) is 2.32. The maximum atomic E-state index is 6.35. The van der Waals surface area contributed by atoms with Crippen LogP contribution in [0.4, 0.5) is 0 Å². The minimum atomic E-state index is -0.00616. The van der Waals surface area contributed by atoms with Crippen LogP contribution in [0.2, 0.25) is 0 Å². The third kappa shape index (κ3) is 4.51. The highest BCUT2D eigenvalue weighted by Gasteiger charge is 2.17. The molecule has 0 aliphatic heterocycles. The number of likely N-dealkylation sites (N-methyl/N-ethyl adjacent to an activating group) is 1. The lowest BCUT2D eigenvalue weighted by molar-refractivity contribution is 0.215. The number of nitrogens with zero attached hydrogens (tertiary/aromatic N) is 1. The average molecular weight is 264 g/mol. The van der Waals surface area contributed by atoms with Gasteiger partial charge in [0.1, 0.15) is 5.75 Å². The molecule has 1 aromatic rings. The van der Waals surface area contributed by atoms with Crippen LogP contribution in [0.1, 0.15) is 45.2 Å². The van der Waals surface area contributed by atoms with E-state index in [0.29, 0.717) is 12.6 Å². The number of para-hydroxylation sites is 1. The lowest BCUT2D eigenvalue weighted by Gasteiger charge is -2.29. The molecule has 0 radical (unpaired) electrons. The quantitative estimate of drug-likeness (QED) is 0.783. The Morgan fingerprint density at radius 3 is 2.37 bits per heavy atom. The van der Waals surface area contributed by atoms with E-state index in [2.05, 4.69) is 31.9 Å². The molecule has 0 heterocycles. The fourth-order valence-electron chi connectivity index (χ4n) is 2.54. The minimum Gasteiger partial charge on any atom is -0.494 e. The molecule has 0 amide bonds. The van der Waals surface area contributed by atoms with Gasteiger partial charge >= 0.3 is 0 Å². The van der Waals surface area contributed by atoms with E-state index in [-0.39, 0.29) is 6.04 Å². The van der Waals surface area contributed by atoms with Crippen molar-refractivity contribution in [3.63, 3.8) is 0 Å². The van der Waals surface area contributed by atoms with E-state index in [9.17, 15) is 0 Å². The van der Waals surface area contributed by atoms with Gasteiger partial charge in [-0.3, -0.25) is 0 Å². The Kier molecular flexibility index (Phi) is 6.89. The van der Waals surface area contributed by atoms with Gasteiger partial charge in [-0.05, 0) is 32.9 Å². The number of hydrogen-bond acceptors (Lipinski definition) is 3. The van der Waals surface area contributed by atoms with Crippen molar-refractivity contribution in [1.82, 2.24) is 4.90 Å². The van der Waals surface area contributed by atoms with Crippen LogP contribution < -0.4 is 10.5 Å². The first-order valence-corrected chi connectivity index (χ1v) is 7.31. The van der Waals surface area contributed by atoms with E-state index in [1.165, 1.54) is 0 Å². The summed E-state index contributed by atoms with van der Waals surface area (Å²) in [4.78, 5) is 2.35. The zero-order valence-corrected chi connectivity index (χ0v) is 12.7. The number of hydrogen-bond donors (Lipinski definition) is 1. The molecule has 19 heavy (non-hydrogen) atoms. The van der Waals surface area contributed by atoms with Gasteiger partial charge in [-0.2, -0.15) is 0 Å². The van der Waals surface area contributed by atoms with Gasteiger partial charge in [0.15, 0.2) is 0 Å². The SMILES string of the molecule is CCOc1ccccc1C(N)CN(C)C(CC)CC. The van der Waals surface area contributed by atoms with Gasteiger partial charge in [0.05, 0.1) is 6.61 Å². The van der Waals surface area contributed by atoms with Crippen LogP contribution in [0.3, 0.4) is 0 Å². The van der Waals surface area contributed by atoms with Crippen LogP contribution in [0, 0.1) is 0 Å². The van der Waals surface area contributed by atoms with Crippen molar-refractivity contribution in [2.24, 2.45) is 5.73 Å². The van der Waals surface area contributed by atoms with E-state index >= 15 is 0 Å². The van der Waals surface area contributed by atoms with Crippen molar-refractivity contribution >= 4 is 0 Å². The van der Waals surface area contributed by atoms with Gasteiger partial charge in [0.25, 0.3) is 0 Å². The highest BCUT2D eigenvalue weighted by molar-refractivity contribution is 5.35. The third-order valence-corrected chi connectivity index (χ3v) is 3.67. The van der Waals surface area contributed by atoms with Crippen LogP contribution in [0.25, 0.3) is 0 Å².